The summed E-state index contributed by atoms with van der Waals surface area (Å²) in [5.41, 5.74) is -0.226. The van der Waals surface area contributed by atoms with E-state index in [9.17, 15) is 19.2 Å². The van der Waals surface area contributed by atoms with E-state index >= 15 is 0 Å². The molecule has 0 spiro atoms. The minimum atomic E-state index is -0.933. The van der Waals surface area contributed by atoms with Crippen LogP contribution in [0.2, 0.25) is 0 Å². The number of esters is 1. The van der Waals surface area contributed by atoms with Gasteiger partial charge >= 0.3 is 12.1 Å². The van der Waals surface area contributed by atoms with Crippen LogP contribution in [0.5, 0.6) is 0 Å². The molecule has 1 N–H and O–H groups in total. The van der Waals surface area contributed by atoms with Crippen molar-refractivity contribution < 1.29 is 28.7 Å². The first-order chi connectivity index (χ1) is 14.5. The summed E-state index contributed by atoms with van der Waals surface area (Å²) in [6.45, 7) is 8.83. The third kappa shape index (κ3) is 7.08. The van der Waals surface area contributed by atoms with Gasteiger partial charge in [-0.2, -0.15) is 0 Å². The highest BCUT2D eigenvalue weighted by atomic mass is 16.6. The fourth-order valence-electron chi connectivity index (χ4n) is 3.26. The summed E-state index contributed by atoms with van der Waals surface area (Å²) in [7, 11) is 0. The highest BCUT2D eigenvalue weighted by Crippen LogP contribution is 2.21. The summed E-state index contributed by atoms with van der Waals surface area (Å²) in [5, 5.41) is 2.70. The number of ketones is 1. The van der Waals surface area contributed by atoms with Crippen LogP contribution < -0.4 is 5.32 Å². The fraction of sp³-hybridized carbons (Fsp3) is 0.565. The van der Waals surface area contributed by atoms with Gasteiger partial charge in [0.2, 0.25) is 5.91 Å². The Balaban J connectivity index is 1.98. The lowest BCUT2D eigenvalue weighted by molar-refractivity contribution is -0.148. The third-order valence-corrected chi connectivity index (χ3v) is 4.84. The zero-order valence-corrected chi connectivity index (χ0v) is 18.8. The maximum absolute atomic E-state index is 12.9. The van der Waals surface area contributed by atoms with Gasteiger partial charge in [0, 0.05) is 12.1 Å². The van der Waals surface area contributed by atoms with Crippen molar-refractivity contribution in [2.24, 2.45) is 5.92 Å². The highest BCUT2D eigenvalue weighted by Gasteiger charge is 2.38. The molecule has 0 saturated carbocycles. The van der Waals surface area contributed by atoms with Crippen LogP contribution in [0.25, 0.3) is 0 Å². The van der Waals surface area contributed by atoms with Crippen LogP contribution in [0.3, 0.4) is 0 Å². The molecule has 0 aromatic heterocycles. The van der Waals surface area contributed by atoms with Gasteiger partial charge in [-0.25, -0.2) is 9.59 Å². The first-order valence-electron chi connectivity index (χ1n) is 10.5. The lowest BCUT2D eigenvalue weighted by Gasteiger charge is -2.29. The van der Waals surface area contributed by atoms with Crippen molar-refractivity contribution in [3.8, 4) is 0 Å². The van der Waals surface area contributed by atoms with Crippen molar-refractivity contribution in [3.05, 3.63) is 35.9 Å². The van der Waals surface area contributed by atoms with E-state index in [0.717, 1.165) is 0 Å². The SMILES string of the molecule is CC(C)[C@H](NC(=O)[C@@H]1CCCN1C(=O)OC(C)(C)C)C(=O)OCC(=O)c1ccccc1. The van der Waals surface area contributed by atoms with E-state index in [0.29, 0.717) is 24.9 Å². The molecule has 1 heterocycles. The predicted octanol–water partition coefficient (Wildman–Crippen LogP) is 2.95. The molecule has 1 aliphatic heterocycles. The van der Waals surface area contributed by atoms with Crippen LogP contribution in [-0.2, 0) is 19.1 Å². The van der Waals surface area contributed by atoms with Gasteiger partial charge in [0.15, 0.2) is 12.4 Å². The molecule has 8 heteroatoms. The monoisotopic (exact) mass is 432 g/mol. The molecule has 1 fully saturated rings. The van der Waals surface area contributed by atoms with Gasteiger partial charge in [0.1, 0.15) is 17.7 Å². The number of hydrogen-bond acceptors (Lipinski definition) is 6. The Kier molecular flexibility index (Phi) is 8.19. The zero-order valence-electron chi connectivity index (χ0n) is 18.8. The number of likely N-dealkylation sites (tertiary alicyclic amines) is 1. The Hall–Kier alpha value is -2.90. The Bertz CT molecular complexity index is 800. The standard InChI is InChI=1S/C23H32N2O6/c1-15(2)19(21(28)30-14-18(26)16-10-7-6-8-11-16)24-20(27)17-12-9-13-25(17)22(29)31-23(3,4)5/h6-8,10-11,15,17,19H,9,12-14H2,1-5H3,(H,24,27)/t17-,19-/m0/s1. The van der Waals surface area contributed by atoms with E-state index in [-0.39, 0.29) is 11.7 Å². The quantitative estimate of drug-likeness (QED) is 0.525. The van der Waals surface area contributed by atoms with Crippen LogP contribution >= 0.6 is 0 Å². The van der Waals surface area contributed by atoms with E-state index in [1.54, 1.807) is 65.0 Å². The van der Waals surface area contributed by atoms with Gasteiger partial charge in [-0.1, -0.05) is 44.2 Å². The number of carbonyl (C=O) groups excluding carboxylic acids is 4. The van der Waals surface area contributed by atoms with Crippen LogP contribution in [0, 0.1) is 5.92 Å². The summed E-state index contributed by atoms with van der Waals surface area (Å²) < 4.78 is 10.6. The molecule has 170 valence electrons. The molecule has 1 aliphatic rings. The van der Waals surface area contributed by atoms with Gasteiger partial charge in [-0.15, -0.1) is 0 Å². The highest BCUT2D eigenvalue weighted by molar-refractivity contribution is 5.98. The number of ether oxygens (including phenoxy) is 2. The second-order valence-corrected chi connectivity index (χ2v) is 8.96. The summed E-state index contributed by atoms with van der Waals surface area (Å²) in [5.74, 6) is -1.71. The number of benzene rings is 1. The van der Waals surface area contributed by atoms with Crippen molar-refractivity contribution >= 4 is 23.8 Å². The number of Topliss-reactive ketones (excluding diaryl/α,β-unsaturated/α-hetero) is 1. The van der Waals surface area contributed by atoms with Gasteiger partial charge < -0.3 is 14.8 Å². The van der Waals surface area contributed by atoms with E-state index in [2.05, 4.69) is 5.32 Å². The molecular weight excluding hydrogens is 400 g/mol. The molecule has 1 aromatic carbocycles. The molecule has 0 unspecified atom stereocenters. The summed E-state index contributed by atoms with van der Waals surface area (Å²) in [6.07, 6.45) is 0.596. The number of nitrogens with zero attached hydrogens (tertiary/aromatic N) is 1. The molecule has 2 atom stereocenters. The van der Waals surface area contributed by atoms with Crippen LogP contribution in [0.1, 0.15) is 57.8 Å². The van der Waals surface area contributed by atoms with Gasteiger partial charge in [0.05, 0.1) is 0 Å². The summed E-state index contributed by atoms with van der Waals surface area (Å²) in [6, 6.07) is 6.88. The fourth-order valence-corrected chi connectivity index (χ4v) is 3.26. The van der Waals surface area contributed by atoms with E-state index in [1.165, 1.54) is 4.90 Å². The average molecular weight is 433 g/mol. The largest absolute Gasteiger partial charge is 0.456 e. The Morgan fingerprint density at radius 3 is 2.35 bits per heavy atom. The number of nitrogens with one attached hydrogen (secondary N) is 1. The number of amides is 2. The first kappa shape index (κ1) is 24.4. The molecule has 0 bridgehead atoms. The van der Waals surface area contributed by atoms with Crippen molar-refractivity contribution in [1.29, 1.82) is 0 Å². The third-order valence-electron chi connectivity index (χ3n) is 4.84. The maximum Gasteiger partial charge on any atom is 0.410 e. The van der Waals surface area contributed by atoms with E-state index in [4.69, 9.17) is 9.47 Å². The number of hydrogen-bond donors (Lipinski definition) is 1. The van der Waals surface area contributed by atoms with Crippen molar-refractivity contribution in [2.75, 3.05) is 13.2 Å². The zero-order chi connectivity index (χ0) is 23.2. The molecule has 2 amide bonds. The average Bonchev–Trinajstić information content (AvgIpc) is 3.19. The first-order valence-corrected chi connectivity index (χ1v) is 10.5. The van der Waals surface area contributed by atoms with Gasteiger partial charge in [-0.3, -0.25) is 14.5 Å². The maximum atomic E-state index is 12.9. The van der Waals surface area contributed by atoms with E-state index < -0.39 is 42.3 Å². The lowest BCUT2D eigenvalue weighted by Crippen LogP contribution is -2.53. The van der Waals surface area contributed by atoms with Crippen molar-refractivity contribution in [2.45, 2.75) is 65.1 Å². The van der Waals surface area contributed by atoms with Crippen LogP contribution in [-0.4, -0.2) is 59.5 Å². The molecule has 8 nitrogen and oxygen atoms in total. The topological polar surface area (TPSA) is 102 Å². The van der Waals surface area contributed by atoms with Gasteiger partial charge in [0.25, 0.3) is 0 Å². The predicted molar refractivity (Wildman–Crippen MR) is 114 cm³/mol. The minimum absolute atomic E-state index is 0.264. The van der Waals surface area contributed by atoms with Gasteiger partial charge in [-0.05, 0) is 39.5 Å². The smallest absolute Gasteiger partial charge is 0.410 e. The normalized spacial score (nSPS) is 17.2. The number of rotatable bonds is 7. The molecule has 31 heavy (non-hydrogen) atoms. The van der Waals surface area contributed by atoms with Crippen molar-refractivity contribution in [3.63, 3.8) is 0 Å². The minimum Gasteiger partial charge on any atom is -0.456 e. The van der Waals surface area contributed by atoms with E-state index in [1.807, 2.05) is 0 Å². The summed E-state index contributed by atoms with van der Waals surface area (Å²) in [4.78, 5) is 51.5. The second-order valence-electron chi connectivity index (χ2n) is 8.96. The summed E-state index contributed by atoms with van der Waals surface area (Å²) >= 11 is 0. The molecule has 2 rings (SSSR count). The Morgan fingerprint density at radius 1 is 1.13 bits per heavy atom. The second kappa shape index (κ2) is 10.4. The number of carbonyl (C=O) groups is 4. The molecule has 1 aromatic rings. The molecule has 0 radical (unpaired) electrons. The van der Waals surface area contributed by atoms with Crippen LogP contribution in [0.4, 0.5) is 4.79 Å². The lowest BCUT2D eigenvalue weighted by atomic mass is 10.0. The molecular formula is C23H32N2O6. The molecule has 0 aliphatic carbocycles. The van der Waals surface area contributed by atoms with Crippen LogP contribution in [0.15, 0.2) is 30.3 Å². The van der Waals surface area contributed by atoms with Crippen molar-refractivity contribution in [1.82, 2.24) is 10.2 Å². The Labute approximate surface area is 183 Å². The Morgan fingerprint density at radius 2 is 1.77 bits per heavy atom. The molecule has 1 saturated heterocycles.